The van der Waals surface area contributed by atoms with Crippen LogP contribution in [0.4, 0.5) is 0 Å². The minimum absolute atomic E-state index is 0.200. The summed E-state index contributed by atoms with van der Waals surface area (Å²) in [5.41, 5.74) is 3.43. The molecule has 0 radical (unpaired) electrons. The highest BCUT2D eigenvalue weighted by atomic mass is 35.5. The van der Waals surface area contributed by atoms with Crippen molar-refractivity contribution in [1.82, 2.24) is 0 Å². The van der Waals surface area contributed by atoms with Gasteiger partial charge in [0.25, 0.3) is 0 Å². The van der Waals surface area contributed by atoms with E-state index in [1.165, 1.54) is 22.5 Å². The molecule has 1 N–H and O–H groups in total. The molecule has 94 valence electrons. The van der Waals surface area contributed by atoms with Gasteiger partial charge in [-0.1, -0.05) is 47.5 Å². The number of halogens is 2. The van der Waals surface area contributed by atoms with Crippen LogP contribution in [0.1, 0.15) is 22.8 Å². The topological polar surface area (TPSA) is 20.2 Å². The minimum atomic E-state index is -0.534. The Labute approximate surface area is 120 Å². The standard InChI is InChI=1S/C14H12Cl2OS/c15-12-7-11(14(16)18-12)13(17)10-5-8-3-1-2-4-9(8)6-10/h1-4,7,10,13,17H,5-6H2. The molecule has 0 saturated carbocycles. The third kappa shape index (κ3) is 2.19. The van der Waals surface area contributed by atoms with Crippen molar-refractivity contribution < 1.29 is 5.11 Å². The highest BCUT2D eigenvalue weighted by molar-refractivity contribution is 7.20. The second kappa shape index (κ2) is 4.86. The van der Waals surface area contributed by atoms with Crippen LogP contribution in [0.3, 0.4) is 0 Å². The van der Waals surface area contributed by atoms with Crippen LogP contribution in [0.5, 0.6) is 0 Å². The van der Waals surface area contributed by atoms with E-state index in [4.69, 9.17) is 23.2 Å². The first-order chi connectivity index (χ1) is 8.65. The molecule has 1 unspecified atom stereocenters. The van der Waals surface area contributed by atoms with Crippen LogP contribution in [0, 0.1) is 5.92 Å². The second-order valence-corrected chi connectivity index (χ2v) is 6.95. The van der Waals surface area contributed by atoms with Gasteiger partial charge in [-0.25, -0.2) is 0 Å². The van der Waals surface area contributed by atoms with Crippen LogP contribution in [0.15, 0.2) is 30.3 Å². The van der Waals surface area contributed by atoms with Crippen LogP contribution in [0.25, 0.3) is 0 Å². The number of thiophene rings is 1. The molecule has 1 aliphatic rings. The summed E-state index contributed by atoms with van der Waals surface area (Å²) in [7, 11) is 0. The summed E-state index contributed by atoms with van der Waals surface area (Å²) < 4.78 is 1.23. The lowest BCUT2D eigenvalue weighted by atomic mass is 9.95. The van der Waals surface area contributed by atoms with Gasteiger partial charge in [0.15, 0.2) is 0 Å². The summed E-state index contributed by atoms with van der Waals surface area (Å²) >= 11 is 13.3. The van der Waals surface area contributed by atoms with Crippen molar-refractivity contribution in [3.63, 3.8) is 0 Å². The molecule has 1 aliphatic carbocycles. The molecule has 0 fully saturated rings. The first kappa shape index (κ1) is 12.5. The van der Waals surface area contributed by atoms with Crippen molar-refractivity contribution in [3.05, 3.63) is 55.7 Å². The zero-order chi connectivity index (χ0) is 12.7. The number of hydrogen-bond donors (Lipinski definition) is 1. The summed E-state index contributed by atoms with van der Waals surface area (Å²) in [4.78, 5) is 0. The highest BCUT2D eigenvalue weighted by Crippen LogP contribution is 2.41. The van der Waals surface area contributed by atoms with Gasteiger partial charge in [-0.3, -0.25) is 0 Å². The summed E-state index contributed by atoms with van der Waals surface area (Å²) in [5.74, 6) is 0.200. The van der Waals surface area contributed by atoms with Gasteiger partial charge in [-0.2, -0.15) is 0 Å². The van der Waals surface area contributed by atoms with E-state index in [-0.39, 0.29) is 5.92 Å². The average molecular weight is 299 g/mol. The van der Waals surface area contributed by atoms with Crippen molar-refractivity contribution in [2.45, 2.75) is 18.9 Å². The quantitative estimate of drug-likeness (QED) is 0.865. The van der Waals surface area contributed by atoms with E-state index in [2.05, 4.69) is 12.1 Å². The maximum atomic E-state index is 10.5. The molecule has 1 atom stereocenters. The zero-order valence-electron chi connectivity index (χ0n) is 9.57. The van der Waals surface area contributed by atoms with Crippen LogP contribution >= 0.6 is 34.5 Å². The fraction of sp³-hybridized carbons (Fsp3) is 0.286. The lowest BCUT2D eigenvalue weighted by Crippen LogP contribution is -2.12. The van der Waals surface area contributed by atoms with Crippen molar-refractivity contribution >= 4 is 34.5 Å². The maximum absolute atomic E-state index is 10.5. The number of aliphatic hydroxyl groups is 1. The predicted octanol–water partition coefficient (Wildman–Crippen LogP) is 4.50. The van der Waals surface area contributed by atoms with Crippen LogP contribution in [-0.4, -0.2) is 5.11 Å². The molecule has 4 heteroatoms. The number of rotatable bonds is 2. The molecule has 3 rings (SSSR count). The molecule has 0 bridgehead atoms. The fourth-order valence-electron chi connectivity index (χ4n) is 2.62. The van der Waals surface area contributed by atoms with Crippen molar-refractivity contribution in [3.8, 4) is 0 Å². The normalized spacial score (nSPS) is 16.8. The molecule has 0 aliphatic heterocycles. The SMILES string of the molecule is OC(c1cc(Cl)sc1Cl)C1Cc2ccccc2C1. The number of hydrogen-bond acceptors (Lipinski definition) is 2. The Balaban J connectivity index is 1.84. The zero-order valence-corrected chi connectivity index (χ0v) is 11.9. The van der Waals surface area contributed by atoms with Crippen LogP contribution < -0.4 is 0 Å². The summed E-state index contributed by atoms with van der Waals surface area (Å²) in [5, 5.41) is 10.5. The average Bonchev–Trinajstić information content (AvgIpc) is 2.91. The third-order valence-electron chi connectivity index (χ3n) is 3.53. The van der Waals surface area contributed by atoms with Gasteiger partial charge in [0.1, 0.15) is 4.34 Å². The predicted molar refractivity (Wildman–Crippen MR) is 76.6 cm³/mol. The Morgan fingerprint density at radius 3 is 2.28 bits per heavy atom. The third-order valence-corrected chi connectivity index (χ3v) is 5.05. The summed E-state index contributed by atoms with van der Waals surface area (Å²) in [6.45, 7) is 0. The lowest BCUT2D eigenvalue weighted by molar-refractivity contribution is 0.114. The van der Waals surface area contributed by atoms with Gasteiger partial charge < -0.3 is 5.11 Å². The molecular weight excluding hydrogens is 287 g/mol. The van der Waals surface area contributed by atoms with Gasteiger partial charge in [0.05, 0.1) is 10.4 Å². The van der Waals surface area contributed by atoms with Gasteiger partial charge in [-0.05, 0) is 36.0 Å². The van der Waals surface area contributed by atoms with E-state index in [9.17, 15) is 5.11 Å². The molecule has 1 nitrogen and oxygen atoms in total. The minimum Gasteiger partial charge on any atom is -0.388 e. The molecule has 1 aromatic heterocycles. The smallest absolute Gasteiger partial charge is 0.100 e. The number of benzene rings is 1. The lowest BCUT2D eigenvalue weighted by Gasteiger charge is -2.17. The van der Waals surface area contributed by atoms with Crippen molar-refractivity contribution in [2.75, 3.05) is 0 Å². The van der Waals surface area contributed by atoms with E-state index in [1.54, 1.807) is 6.07 Å². The highest BCUT2D eigenvalue weighted by Gasteiger charge is 2.30. The maximum Gasteiger partial charge on any atom is 0.100 e. The second-order valence-electron chi connectivity index (χ2n) is 4.66. The summed E-state index contributed by atoms with van der Waals surface area (Å²) in [6, 6.07) is 10.1. The number of fused-ring (bicyclic) bond motifs is 1. The van der Waals surface area contributed by atoms with E-state index in [0.717, 1.165) is 18.4 Å². The van der Waals surface area contributed by atoms with E-state index < -0.39 is 6.10 Å². The van der Waals surface area contributed by atoms with Gasteiger partial charge in [0.2, 0.25) is 0 Å². The fourth-order valence-corrected chi connectivity index (χ4v) is 4.16. The molecule has 18 heavy (non-hydrogen) atoms. The van der Waals surface area contributed by atoms with Crippen molar-refractivity contribution in [1.29, 1.82) is 0 Å². The van der Waals surface area contributed by atoms with Crippen molar-refractivity contribution in [2.24, 2.45) is 5.92 Å². The monoisotopic (exact) mass is 298 g/mol. The van der Waals surface area contributed by atoms with E-state index in [1.807, 2.05) is 12.1 Å². The molecule has 1 aromatic carbocycles. The molecule has 1 heterocycles. The summed E-state index contributed by atoms with van der Waals surface area (Å²) in [6.07, 6.45) is 1.27. The largest absolute Gasteiger partial charge is 0.388 e. The Kier molecular flexibility index (Phi) is 3.37. The van der Waals surface area contributed by atoms with Gasteiger partial charge in [0, 0.05) is 5.56 Å². The molecule has 2 aromatic rings. The van der Waals surface area contributed by atoms with E-state index in [0.29, 0.717) is 8.67 Å². The Hall–Kier alpha value is -0.540. The Bertz CT molecular complexity index is 554. The molecular formula is C14H12Cl2OS. The Morgan fingerprint density at radius 2 is 1.78 bits per heavy atom. The first-order valence-electron chi connectivity index (χ1n) is 5.84. The number of aliphatic hydroxyl groups excluding tert-OH is 1. The van der Waals surface area contributed by atoms with Gasteiger partial charge in [-0.15, -0.1) is 11.3 Å². The molecule has 0 amide bonds. The van der Waals surface area contributed by atoms with Gasteiger partial charge >= 0.3 is 0 Å². The van der Waals surface area contributed by atoms with Crippen LogP contribution in [0.2, 0.25) is 8.67 Å². The molecule has 0 saturated heterocycles. The first-order valence-corrected chi connectivity index (χ1v) is 7.42. The van der Waals surface area contributed by atoms with E-state index >= 15 is 0 Å². The van der Waals surface area contributed by atoms with Crippen LogP contribution in [-0.2, 0) is 12.8 Å². The molecule has 0 spiro atoms. The Morgan fingerprint density at radius 1 is 1.17 bits per heavy atom.